The van der Waals surface area contributed by atoms with Crippen molar-refractivity contribution < 1.29 is 17.6 Å². The molecule has 11 heteroatoms. The summed E-state index contributed by atoms with van der Waals surface area (Å²) in [6, 6.07) is 9.63. The minimum atomic E-state index is -3.52. The molecule has 0 saturated heterocycles. The summed E-state index contributed by atoms with van der Waals surface area (Å²) < 4.78 is 36.7. The van der Waals surface area contributed by atoms with Gasteiger partial charge in [-0.25, -0.2) is 18.0 Å². The zero-order valence-corrected chi connectivity index (χ0v) is 20.2. The van der Waals surface area contributed by atoms with Crippen LogP contribution in [0.15, 0.2) is 61.4 Å². The van der Waals surface area contributed by atoms with Gasteiger partial charge < -0.3 is 14.1 Å². The fourth-order valence-corrected chi connectivity index (χ4v) is 4.42. The van der Waals surface area contributed by atoms with Gasteiger partial charge in [-0.2, -0.15) is 0 Å². The summed E-state index contributed by atoms with van der Waals surface area (Å²) >= 11 is 0. The molecule has 0 aliphatic heterocycles. The van der Waals surface area contributed by atoms with E-state index in [9.17, 15) is 22.8 Å². The van der Waals surface area contributed by atoms with E-state index in [1.807, 2.05) is 13.8 Å². The summed E-state index contributed by atoms with van der Waals surface area (Å²) in [5.74, 6) is 0.664. The number of nitrogens with one attached hydrogen (secondary N) is 3. The van der Waals surface area contributed by atoms with Gasteiger partial charge in [0, 0.05) is 11.9 Å². The molecule has 0 atom stereocenters. The number of rotatable bonds is 6. The van der Waals surface area contributed by atoms with E-state index in [1.165, 1.54) is 19.4 Å². The highest BCUT2D eigenvalue weighted by Crippen LogP contribution is 2.40. The molecule has 0 amide bonds. The number of H-pyrrole nitrogens is 2. The second-order valence-electron chi connectivity index (χ2n) is 8.36. The first-order valence-electron chi connectivity index (χ1n) is 10.6. The van der Waals surface area contributed by atoms with Crippen molar-refractivity contribution in [3.8, 4) is 28.2 Å². The summed E-state index contributed by atoms with van der Waals surface area (Å²) in [5.41, 5.74) is 0.312. The van der Waals surface area contributed by atoms with Gasteiger partial charge in [-0.05, 0) is 52.8 Å². The molecular weight excluding hydrogens is 474 g/mol. The van der Waals surface area contributed by atoms with Crippen LogP contribution in [0.5, 0.6) is 5.75 Å². The first-order chi connectivity index (χ1) is 16.5. The molecule has 0 aliphatic rings. The zero-order valence-electron chi connectivity index (χ0n) is 19.4. The number of sulfonamides is 1. The third kappa shape index (κ3) is 4.90. The van der Waals surface area contributed by atoms with Crippen molar-refractivity contribution in [2.75, 3.05) is 18.1 Å². The third-order valence-electron chi connectivity index (χ3n) is 5.41. The van der Waals surface area contributed by atoms with Crippen LogP contribution in [0.25, 0.3) is 33.2 Å². The minimum Gasteiger partial charge on any atom is -0.496 e. The number of hydrogen-bond acceptors (Lipinski definition) is 7. The fraction of sp³-hybridized carbons (Fsp3) is 0.208. The van der Waals surface area contributed by atoms with E-state index in [0.717, 1.165) is 11.8 Å². The number of ether oxygens (including phenoxy) is 1. The fourth-order valence-electron chi connectivity index (χ4n) is 3.87. The molecular formula is C24H23N3O7S. The monoisotopic (exact) mass is 497 g/mol. The van der Waals surface area contributed by atoms with Crippen molar-refractivity contribution in [3.05, 3.63) is 79.4 Å². The first kappa shape index (κ1) is 24.0. The van der Waals surface area contributed by atoms with Crippen molar-refractivity contribution in [1.82, 2.24) is 9.97 Å². The minimum absolute atomic E-state index is 0.0118. The maximum atomic E-state index is 12.9. The molecule has 0 spiro atoms. The average molecular weight is 498 g/mol. The van der Waals surface area contributed by atoms with Crippen LogP contribution in [0.3, 0.4) is 0 Å². The van der Waals surface area contributed by atoms with Gasteiger partial charge in [0.05, 0.1) is 29.9 Å². The van der Waals surface area contributed by atoms with Gasteiger partial charge in [-0.3, -0.25) is 14.5 Å². The van der Waals surface area contributed by atoms with E-state index in [2.05, 4.69) is 14.7 Å². The lowest BCUT2D eigenvalue weighted by Crippen LogP contribution is -2.22. The summed E-state index contributed by atoms with van der Waals surface area (Å²) in [5, 5.41) is 0.717. The van der Waals surface area contributed by atoms with Gasteiger partial charge >= 0.3 is 11.3 Å². The lowest BCUT2D eigenvalue weighted by atomic mass is 9.92. The molecule has 4 rings (SSSR count). The van der Waals surface area contributed by atoms with Gasteiger partial charge in [0.2, 0.25) is 10.0 Å². The molecule has 35 heavy (non-hydrogen) atoms. The van der Waals surface area contributed by atoms with Gasteiger partial charge in [-0.15, -0.1) is 0 Å². The zero-order chi connectivity index (χ0) is 25.5. The molecule has 3 N–H and O–H groups in total. The molecule has 0 fully saturated rings. The van der Waals surface area contributed by atoms with E-state index in [4.69, 9.17) is 9.15 Å². The Kier molecular flexibility index (Phi) is 6.12. The number of fused-ring (bicyclic) bond motifs is 1. The number of anilines is 1. The van der Waals surface area contributed by atoms with Crippen LogP contribution in [0, 0.1) is 0 Å². The van der Waals surface area contributed by atoms with Crippen molar-refractivity contribution in [2.45, 2.75) is 19.8 Å². The predicted octanol–water partition coefficient (Wildman–Crippen LogP) is 3.01. The van der Waals surface area contributed by atoms with Gasteiger partial charge in [0.1, 0.15) is 11.5 Å². The Morgan fingerprint density at radius 3 is 2.40 bits per heavy atom. The molecule has 0 aliphatic carbocycles. The highest BCUT2D eigenvalue weighted by molar-refractivity contribution is 7.92. The maximum absolute atomic E-state index is 12.9. The summed E-state index contributed by atoms with van der Waals surface area (Å²) in [6.45, 7) is 3.91. The van der Waals surface area contributed by atoms with Crippen LogP contribution in [0.1, 0.15) is 25.3 Å². The Balaban J connectivity index is 1.97. The van der Waals surface area contributed by atoms with Gasteiger partial charge in [-0.1, -0.05) is 19.9 Å². The number of aromatic nitrogens is 2. The van der Waals surface area contributed by atoms with Crippen LogP contribution in [-0.4, -0.2) is 31.8 Å². The SMILES string of the molecule is COc1c(-c2cc3ccc(NS(C)(=O)=O)cc3c(=O)o2)cc(-c2c[nH]c(=O)[nH]c2=O)cc1C(C)C. The Bertz CT molecular complexity index is 1730. The third-order valence-corrected chi connectivity index (χ3v) is 6.01. The van der Waals surface area contributed by atoms with Crippen molar-refractivity contribution in [1.29, 1.82) is 0 Å². The van der Waals surface area contributed by atoms with E-state index >= 15 is 0 Å². The molecule has 10 nitrogen and oxygen atoms in total. The lowest BCUT2D eigenvalue weighted by molar-refractivity contribution is 0.407. The highest BCUT2D eigenvalue weighted by Gasteiger charge is 2.20. The second-order valence-corrected chi connectivity index (χ2v) is 10.1. The standard InChI is InChI=1S/C24H23N3O7S/c1-12(2)16-7-14(19-11-25-24(30)26-22(19)28)8-18(21(16)33-3)20-9-13-5-6-15(27-35(4,31)32)10-17(13)23(29)34-20/h5-12,27H,1-4H3,(H2,25,26,28,30). The second kappa shape index (κ2) is 8.91. The summed E-state index contributed by atoms with van der Waals surface area (Å²) in [6.07, 6.45) is 2.34. The number of benzene rings is 2. The molecule has 4 aromatic rings. The van der Waals surface area contributed by atoms with Crippen LogP contribution in [-0.2, 0) is 10.0 Å². The van der Waals surface area contributed by atoms with Gasteiger partial charge in [0.25, 0.3) is 5.56 Å². The normalized spacial score (nSPS) is 11.7. The number of methoxy groups -OCH3 is 1. The van der Waals surface area contributed by atoms with Crippen molar-refractivity contribution >= 4 is 26.5 Å². The highest BCUT2D eigenvalue weighted by atomic mass is 32.2. The molecule has 2 aromatic heterocycles. The molecule has 0 saturated carbocycles. The van der Waals surface area contributed by atoms with Crippen LogP contribution < -0.4 is 26.3 Å². The average Bonchev–Trinajstić information content (AvgIpc) is 2.77. The molecule has 2 aromatic carbocycles. The Morgan fingerprint density at radius 2 is 1.77 bits per heavy atom. The quantitative estimate of drug-likeness (QED) is 0.370. The Morgan fingerprint density at radius 1 is 1.03 bits per heavy atom. The molecule has 0 bridgehead atoms. The molecule has 2 heterocycles. The first-order valence-corrected chi connectivity index (χ1v) is 12.5. The number of hydrogen-bond donors (Lipinski definition) is 3. The van der Waals surface area contributed by atoms with Crippen LogP contribution in [0.2, 0.25) is 0 Å². The largest absolute Gasteiger partial charge is 0.496 e. The van der Waals surface area contributed by atoms with Crippen LogP contribution in [0.4, 0.5) is 5.69 Å². The Hall–Kier alpha value is -4.12. The van der Waals surface area contributed by atoms with Crippen LogP contribution >= 0.6 is 0 Å². The smallest absolute Gasteiger partial charge is 0.344 e. The summed E-state index contributed by atoms with van der Waals surface area (Å²) in [7, 11) is -2.02. The van der Waals surface area contributed by atoms with Crippen molar-refractivity contribution in [2.24, 2.45) is 0 Å². The Labute approximate surface area is 199 Å². The van der Waals surface area contributed by atoms with Gasteiger partial charge in [0.15, 0.2) is 0 Å². The number of aromatic amines is 2. The van der Waals surface area contributed by atoms with Crippen molar-refractivity contribution in [3.63, 3.8) is 0 Å². The van der Waals surface area contributed by atoms with E-state index in [1.54, 1.807) is 30.3 Å². The molecule has 0 radical (unpaired) electrons. The van der Waals surface area contributed by atoms with E-state index < -0.39 is 26.9 Å². The van der Waals surface area contributed by atoms with E-state index in [-0.39, 0.29) is 28.3 Å². The maximum Gasteiger partial charge on any atom is 0.344 e. The molecule has 0 unspecified atom stereocenters. The van der Waals surface area contributed by atoms with E-state index in [0.29, 0.717) is 22.3 Å². The summed E-state index contributed by atoms with van der Waals surface area (Å²) in [4.78, 5) is 41.5. The lowest BCUT2D eigenvalue weighted by Gasteiger charge is -2.18. The topological polar surface area (TPSA) is 151 Å². The predicted molar refractivity (Wildman–Crippen MR) is 134 cm³/mol. The molecule has 182 valence electrons.